The molecule has 1 unspecified atom stereocenters. The van der Waals surface area contributed by atoms with E-state index in [2.05, 4.69) is 33.4 Å². The van der Waals surface area contributed by atoms with Crippen molar-refractivity contribution in [2.24, 2.45) is 23.7 Å². The molecular weight excluding hydrogens is 180 g/mol. The van der Waals surface area contributed by atoms with Gasteiger partial charge in [-0.1, -0.05) is 44.6 Å². The van der Waals surface area contributed by atoms with Gasteiger partial charge in [0.2, 0.25) is 0 Å². The lowest BCUT2D eigenvalue weighted by Gasteiger charge is -2.41. The first-order valence-corrected chi connectivity index (χ1v) is 6.49. The maximum absolute atomic E-state index is 4.15. The van der Waals surface area contributed by atoms with Gasteiger partial charge >= 0.3 is 0 Å². The third-order valence-corrected chi connectivity index (χ3v) is 4.43. The molecule has 0 spiro atoms. The molecule has 0 aromatic rings. The van der Waals surface area contributed by atoms with Crippen LogP contribution in [0.4, 0.5) is 0 Å². The molecule has 2 rings (SSSR count). The van der Waals surface area contributed by atoms with Gasteiger partial charge in [0.05, 0.1) is 0 Å². The van der Waals surface area contributed by atoms with Gasteiger partial charge in [0.15, 0.2) is 0 Å². The summed E-state index contributed by atoms with van der Waals surface area (Å²) in [6.45, 7) is 11.3. The average Bonchev–Trinajstić information content (AvgIpc) is 2.17. The third-order valence-electron chi connectivity index (χ3n) is 4.43. The van der Waals surface area contributed by atoms with E-state index in [4.69, 9.17) is 0 Å². The normalized spacial score (nSPS) is 36.4. The van der Waals surface area contributed by atoms with Crippen molar-refractivity contribution < 1.29 is 0 Å². The highest BCUT2D eigenvalue weighted by molar-refractivity contribution is 5.30. The summed E-state index contributed by atoms with van der Waals surface area (Å²) in [7, 11) is 0. The van der Waals surface area contributed by atoms with Crippen LogP contribution in [0, 0.1) is 23.7 Å². The van der Waals surface area contributed by atoms with Crippen LogP contribution in [0.2, 0.25) is 0 Å². The number of hydrogen-bond acceptors (Lipinski definition) is 0. The Morgan fingerprint density at radius 1 is 1.27 bits per heavy atom. The van der Waals surface area contributed by atoms with Crippen LogP contribution in [-0.2, 0) is 0 Å². The fraction of sp³-hybridized carbons (Fsp3) is 0.733. The Hall–Kier alpha value is -0.520. The van der Waals surface area contributed by atoms with E-state index in [0.29, 0.717) is 0 Å². The molecule has 0 N–H and O–H groups in total. The summed E-state index contributed by atoms with van der Waals surface area (Å²) in [5, 5.41) is 0. The second kappa shape index (κ2) is 4.15. The predicted molar refractivity (Wildman–Crippen MR) is 66.7 cm³/mol. The van der Waals surface area contributed by atoms with Crippen molar-refractivity contribution in [3.63, 3.8) is 0 Å². The van der Waals surface area contributed by atoms with Crippen LogP contribution in [0.1, 0.15) is 46.5 Å². The van der Waals surface area contributed by atoms with Gasteiger partial charge in [0.1, 0.15) is 0 Å². The van der Waals surface area contributed by atoms with Gasteiger partial charge < -0.3 is 0 Å². The highest BCUT2D eigenvalue weighted by Crippen LogP contribution is 2.46. The molecule has 15 heavy (non-hydrogen) atoms. The molecule has 0 aliphatic heterocycles. The summed E-state index contributed by atoms with van der Waals surface area (Å²) in [6, 6.07) is 0. The molecule has 0 nitrogen and oxygen atoms in total. The van der Waals surface area contributed by atoms with E-state index < -0.39 is 0 Å². The molecule has 84 valence electrons. The van der Waals surface area contributed by atoms with E-state index in [-0.39, 0.29) is 0 Å². The summed E-state index contributed by atoms with van der Waals surface area (Å²) >= 11 is 0. The monoisotopic (exact) mass is 204 g/mol. The van der Waals surface area contributed by atoms with E-state index >= 15 is 0 Å². The van der Waals surface area contributed by atoms with Crippen molar-refractivity contribution in [2.75, 3.05) is 0 Å². The van der Waals surface area contributed by atoms with E-state index in [1.54, 1.807) is 5.57 Å². The molecule has 0 saturated heterocycles. The number of hydrogen-bond donors (Lipinski definition) is 0. The summed E-state index contributed by atoms with van der Waals surface area (Å²) in [5.41, 5.74) is 3.10. The topological polar surface area (TPSA) is 0 Å². The Bertz CT molecular complexity index is 282. The summed E-state index contributed by atoms with van der Waals surface area (Å²) in [6.07, 6.45) is 7.83. The maximum atomic E-state index is 4.15. The van der Waals surface area contributed by atoms with Crippen LogP contribution in [0.3, 0.4) is 0 Å². The molecule has 0 aromatic heterocycles. The lowest BCUT2D eigenvalue weighted by molar-refractivity contribution is 0.224. The Morgan fingerprint density at radius 3 is 2.67 bits per heavy atom. The average molecular weight is 204 g/mol. The molecule has 0 heterocycles. The van der Waals surface area contributed by atoms with Gasteiger partial charge in [-0.3, -0.25) is 0 Å². The molecule has 2 aliphatic carbocycles. The largest absolute Gasteiger partial charge is 0.0958 e. The van der Waals surface area contributed by atoms with Crippen LogP contribution in [0.25, 0.3) is 0 Å². The minimum absolute atomic E-state index is 0.803. The highest BCUT2D eigenvalue weighted by atomic mass is 14.4. The van der Waals surface area contributed by atoms with Gasteiger partial charge in [-0.2, -0.15) is 0 Å². The van der Waals surface area contributed by atoms with E-state index in [1.807, 2.05) is 0 Å². The highest BCUT2D eigenvalue weighted by Gasteiger charge is 2.35. The SMILES string of the molecule is C=C1C=C2C(CC1)[C@H](C)CC[C@@H]2C(C)C. The Labute approximate surface area is 94.5 Å². The van der Waals surface area contributed by atoms with Crippen molar-refractivity contribution in [1.29, 1.82) is 0 Å². The van der Waals surface area contributed by atoms with Crippen LogP contribution >= 0.6 is 0 Å². The summed E-state index contributed by atoms with van der Waals surface area (Å²) in [5.74, 6) is 3.41. The molecule has 2 aliphatic rings. The van der Waals surface area contributed by atoms with Crippen LogP contribution in [0.5, 0.6) is 0 Å². The Kier molecular flexibility index (Phi) is 3.04. The molecule has 1 saturated carbocycles. The molecular formula is C15H24. The first kappa shape index (κ1) is 11.0. The van der Waals surface area contributed by atoms with E-state index in [9.17, 15) is 0 Å². The van der Waals surface area contributed by atoms with Crippen molar-refractivity contribution >= 4 is 0 Å². The molecule has 0 amide bonds. The maximum Gasteiger partial charge on any atom is -0.0168 e. The minimum atomic E-state index is 0.803. The summed E-state index contributed by atoms with van der Waals surface area (Å²) in [4.78, 5) is 0. The predicted octanol–water partition coefficient (Wildman–Crippen LogP) is 4.58. The zero-order chi connectivity index (χ0) is 11.0. The van der Waals surface area contributed by atoms with Crippen molar-refractivity contribution in [3.05, 3.63) is 23.8 Å². The van der Waals surface area contributed by atoms with E-state index in [1.165, 1.54) is 31.3 Å². The molecule has 0 aromatic carbocycles. The molecule has 0 radical (unpaired) electrons. The first-order chi connectivity index (χ1) is 7.09. The lowest BCUT2D eigenvalue weighted by Crippen LogP contribution is -2.30. The van der Waals surface area contributed by atoms with Crippen molar-refractivity contribution in [1.82, 2.24) is 0 Å². The van der Waals surface area contributed by atoms with Crippen molar-refractivity contribution in [3.8, 4) is 0 Å². The molecule has 0 bridgehead atoms. The van der Waals surface area contributed by atoms with Gasteiger partial charge in [-0.15, -0.1) is 0 Å². The minimum Gasteiger partial charge on any atom is -0.0958 e. The van der Waals surface area contributed by atoms with Gasteiger partial charge in [-0.25, -0.2) is 0 Å². The second-order valence-corrected chi connectivity index (χ2v) is 5.85. The van der Waals surface area contributed by atoms with Crippen LogP contribution < -0.4 is 0 Å². The fourth-order valence-electron chi connectivity index (χ4n) is 3.45. The van der Waals surface area contributed by atoms with Crippen LogP contribution in [-0.4, -0.2) is 0 Å². The second-order valence-electron chi connectivity index (χ2n) is 5.85. The zero-order valence-corrected chi connectivity index (χ0v) is 10.4. The number of allylic oxidation sites excluding steroid dienone is 3. The van der Waals surface area contributed by atoms with Gasteiger partial charge in [0, 0.05) is 0 Å². The fourth-order valence-corrected chi connectivity index (χ4v) is 3.45. The molecule has 0 heteroatoms. The Morgan fingerprint density at radius 2 is 2.00 bits per heavy atom. The third kappa shape index (κ3) is 2.04. The first-order valence-electron chi connectivity index (χ1n) is 6.49. The quantitative estimate of drug-likeness (QED) is 0.586. The molecule has 1 fully saturated rings. The van der Waals surface area contributed by atoms with E-state index in [0.717, 1.165) is 23.7 Å². The van der Waals surface area contributed by atoms with Gasteiger partial charge in [0.25, 0.3) is 0 Å². The number of rotatable bonds is 1. The van der Waals surface area contributed by atoms with Gasteiger partial charge in [-0.05, 0) is 49.4 Å². The molecule has 3 atom stereocenters. The van der Waals surface area contributed by atoms with Crippen molar-refractivity contribution in [2.45, 2.75) is 46.5 Å². The number of fused-ring (bicyclic) bond motifs is 1. The zero-order valence-electron chi connectivity index (χ0n) is 10.4. The Balaban J connectivity index is 2.27. The lowest BCUT2D eigenvalue weighted by atomic mass is 9.64. The standard InChI is InChI=1S/C15H24/c1-10(2)13-8-6-12(4)14-7-5-11(3)9-15(13)14/h9-10,12-14H,3,5-8H2,1-2,4H3/t12-,13-,14?/m1/s1. The summed E-state index contributed by atoms with van der Waals surface area (Å²) < 4.78 is 0. The van der Waals surface area contributed by atoms with Crippen LogP contribution in [0.15, 0.2) is 23.8 Å². The smallest absolute Gasteiger partial charge is 0.0168 e.